The van der Waals surface area contributed by atoms with Crippen LogP contribution in [-0.2, 0) is 32.5 Å². The van der Waals surface area contributed by atoms with Crippen LogP contribution in [-0.4, -0.2) is 6.71 Å². The zero-order chi connectivity index (χ0) is 51.0. The molecular weight excluding hydrogens is 816 g/mol. The molecule has 0 atom stereocenters. The second-order valence-electron chi connectivity index (χ2n) is 24.8. The summed E-state index contributed by atoms with van der Waals surface area (Å²) in [5, 5.41) is 2.46. The molecule has 0 unspecified atom stereocenters. The van der Waals surface area contributed by atoms with Gasteiger partial charge in [-0.1, -0.05) is 157 Å². The Hall–Kier alpha value is -5.06. The van der Waals surface area contributed by atoms with Crippen LogP contribution in [0.4, 0.5) is 33.4 Å². The standard InChI is InChI=1S/C62H69BN2S/c1-57(2,3)40-20-24-42(25-21-40)64-50-36-47-46(60(9,10)29-30-61(47,11)12)35-49(50)63-54-44-34-45-48(62(13,14)31-28-59(45,7)8)37-53(44)66-56(54)65(43-26-22-41(23-27-43)58(4,5)6)52-33-39(32-51(64)55(52)63)38-18-16-15-17-19-38/h15-27,32-37H,28-31H2,1-14H3/i15D,16D,17D,18D,19D. The van der Waals surface area contributed by atoms with Crippen LogP contribution < -0.4 is 26.2 Å². The largest absolute Gasteiger partial charge is 0.311 e. The maximum atomic E-state index is 9.43. The van der Waals surface area contributed by atoms with Crippen molar-refractivity contribution in [3.8, 4) is 11.1 Å². The van der Waals surface area contributed by atoms with Gasteiger partial charge in [-0.3, -0.25) is 0 Å². The van der Waals surface area contributed by atoms with Crippen molar-refractivity contribution in [1.82, 2.24) is 0 Å². The van der Waals surface area contributed by atoms with Crippen molar-refractivity contribution in [2.24, 2.45) is 0 Å². The zero-order valence-corrected chi connectivity index (χ0v) is 42.6. The summed E-state index contributed by atoms with van der Waals surface area (Å²) in [7, 11) is 0. The van der Waals surface area contributed by atoms with Gasteiger partial charge in [0.2, 0.25) is 0 Å². The van der Waals surface area contributed by atoms with Crippen LogP contribution in [0.3, 0.4) is 0 Å². The van der Waals surface area contributed by atoms with E-state index in [-0.39, 0.29) is 68.9 Å². The lowest BCUT2D eigenvalue weighted by atomic mass is 9.33. The summed E-state index contributed by atoms with van der Waals surface area (Å²) >= 11 is 1.87. The van der Waals surface area contributed by atoms with E-state index in [2.05, 4.69) is 192 Å². The number of hydrogen-bond acceptors (Lipinski definition) is 3. The third-order valence-electron chi connectivity index (χ3n) is 16.4. The van der Waals surface area contributed by atoms with Crippen LogP contribution in [0.5, 0.6) is 0 Å². The molecule has 1 aromatic heterocycles. The summed E-state index contributed by atoms with van der Waals surface area (Å²) in [6, 6.07) is 31.1. The number of hydrogen-bond donors (Lipinski definition) is 0. The third kappa shape index (κ3) is 6.62. The van der Waals surface area contributed by atoms with E-state index in [1.54, 1.807) is 0 Å². The van der Waals surface area contributed by atoms with E-state index in [4.69, 9.17) is 4.11 Å². The molecule has 4 heteroatoms. The molecule has 0 fully saturated rings. The maximum Gasteiger partial charge on any atom is 0.254 e. The molecule has 3 heterocycles. The van der Waals surface area contributed by atoms with Gasteiger partial charge in [0.05, 0.1) is 11.9 Å². The molecule has 4 aliphatic rings. The van der Waals surface area contributed by atoms with Crippen LogP contribution in [0, 0.1) is 0 Å². The first kappa shape index (κ1) is 38.0. The zero-order valence-electron chi connectivity index (χ0n) is 46.8. The highest BCUT2D eigenvalue weighted by atomic mass is 32.1. The van der Waals surface area contributed by atoms with Crippen molar-refractivity contribution in [3.63, 3.8) is 0 Å². The second kappa shape index (κ2) is 14.2. The predicted octanol–water partition coefficient (Wildman–Crippen LogP) is 15.9. The van der Waals surface area contributed by atoms with Crippen molar-refractivity contribution in [2.45, 2.75) is 155 Å². The van der Waals surface area contributed by atoms with Crippen molar-refractivity contribution in [2.75, 3.05) is 9.80 Å². The molecule has 0 amide bonds. The first-order valence-electron chi connectivity index (χ1n) is 26.9. The molecule has 0 N–H and O–H groups in total. The monoisotopic (exact) mass is 890 g/mol. The highest BCUT2D eigenvalue weighted by Crippen LogP contribution is 2.54. The van der Waals surface area contributed by atoms with Crippen LogP contribution in [0.15, 0.2) is 115 Å². The summed E-state index contributed by atoms with van der Waals surface area (Å²) in [5.41, 5.74) is 17.6. The average molecular weight is 890 g/mol. The summed E-state index contributed by atoms with van der Waals surface area (Å²) in [4.78, 5) is 4.90. The Morgan fingerprint density at radius 2 is 0.955 bits per heavy atom. The van der Waals surface area contributed by atoms with Gasteiger partial charge >= 0.3 is 0 Å². The quantitative estimate of drug-likeness (QED) is 0.163. The van der Waals surface area contributed by atoms with E-state index in [0.29, 0.717) is 5.56 Å². The topological polar surface area (TPSA) is 6.48 Å². The fourth-order valence-electron chi connectivity index (χ4n) is 11.9. The maximum absolute atomic E-state index is 9.43. The number of benzene rings is 6. The van der Waals surface area contributed by atoms with Gasteiger partial charge < -0.3 is 9.80 Å². The summed E-state index contributed by atoms with van der Waals surface area (Å²) in [5.74, 6) is 0. The highest BCUT2D eigenvalue weighted by Gasteiger charge is 2.49. The summed E-state index contributed by atoms with van der Waals surface area (Å²) in [6.07, 6.45) is 4.43. The van der Waals surface area contributed by atoms with Crippen molar-refractivity contribution in [3.05, 3.63) is 149 Å². The fourth-order valence-corrected chi connectivity index (χ4v) is 13.2. The number of fused-ring (bicyclic) bond motifs is 8. The lowest BCUT2D eigenvalue weighted by Gasteiger charge is -2.47. The molecule has 0 radical (unpaired) electrons. The fraction of sp³-hybridized carbons (Fsp3) is 0.387. The Morgan fingerprint density at radius 3 is 1.47 bits per heavy atom. The van der Waals surface area contributed by atoms with Crippen LogP contribution in [0.25, 0.3) is 21.2 Å². The van der Waals surface area contributed by atoms with E-state index in [9.17, 15) is 2.74 Å². The van der Waals surface area contributed by atoms with Gasteiger partial charge in [0, 0.05) is 33.1 Å². The molecule has 0 saturated heterocycles. The lowest BCUT2D eigenvalue weighted by Crippen LogP contribution is -2.61. The summed E-state index contributed by atoms with van der Waals surface area (Å²) < 4.78 is 46.6. The first-order chi connectivity index (χ1) is 33.0. The molecule has 2 aliphatic carbocycles. The Labute approximate surface area is 407 Å². The number of nitrogens with zero attached hydrogens (tertiary/aromatic N) is 2. The van der Waals surface area contributed by atoms with Crippen molar-refractivity contribution >= 4 is 78.0 Å². The minimum absolute atomic E-state index is 0.00206. The van der Waals surface area contributed by atoms with Crippen LogP contribution >= 0.6 is 11.3 Å². The molecule has 7 aromatic rings. The highest BCUT2D eigenvalue weighted by molar-refractivity contribution is 7.26. The predicted molar refractivity (Wildman–Crippen MR) is 289 cm³/mol. The van der Waals surface area contributed by atoms with Crippen LogP contribution in [0.2, 0.25) is 0 Å². The van der Waals surface area contributed by atoms with Crippen molar-refractivity contribution < 1.29 is 6.85 Å². The molecule has 0 bridgehead atoms. The van der Waals surface area contributed by atoms with Gasteiger partial charge in [-0.15, -0.1) is 11.3 Å². The van der Waals surface area contributed by atoms with Gasteiger partial charge in [0.25, 0.3) is 6.71 Å². The molecule has 336 valence electrons. The van der Waals surface area contributed by atoms with Crippen molar-refractivity contribution in [1.29, 1.82) is 0 Å². The smallest absolute Gasteiger partial charge is 0.254 e. The molecule has 0 saturated carbocycles. The molecule has 0 spiro atoms. The molecule has 2 aliphatic heterocycles. The van der Waals surface area contributed by atoms with E-state index in [1.165, 1.54) is 54.4 Å². The Bertz CT molecular complexity index is 3370. The molecular formula is C62H69BN2S. The van der Waals surface area contributed by atoms with E-state index < -0.39 is 6.04 Å². The number of rotatable bonds is 3. The molecule has 66 heavy (non-hydrogen) atoms. The molecule has 6 aromatic carbocycles. The average Bonchev–Trinajstić information content (AvgIpc) is 3.67. The number of thiophene rings is 1. The molecule has 2 nitrogen and oxygen atoms in total. The SMILES string of the molecule is [2H]c1c([2H])c([2H])c(-c2cc3c4c(c2)N(c2ccc(C(C)(C)C)cc2)c2sc5cc6c(cc5c2B4c2cc4c(cc2N3c2ccc(C(C)(C)C)cc2)C(C)(C)CCC4(C)C)C(C)(C)CCC6(C)C)c([2H])c1[2H]. The van der Waals surface area contributed by atoms with Crippen LogP contribution in [0.1, 0.15) is 163 Å². The van der Waals surface area contributed by atoms with Gasteiger partial charge in [-0.25, -0.2) is 0 Å². The lowest BCUT2D eigenvalue weighted by molar-refractivity contribution is 0.332. The van der Waals surface area contributed by atoms with Gasteiger partial charge in [-0.05, 0) is 179 Å². The molecule has 11 rings (SSSR count). The van der Waals surface area contributed by atoms with E-state index in [0.717, 1.165) is 64.6 Å². The second-order valence-corrected chi connectivity index (χ2v) is 25.9. The number of anilines is 6. The third-order valence-corrected chi connectivity index (χ3v) is 17.6. The normalized spacial score (nSPS) is 19.7. The minimum atomic E-state index is -0.391. The summed E-state index contributed by atoms with van der Waals surface area (Å²) in [6.45, 7) is 32.7. The Balaban J connectivity index is 1.33. The van der Waals surface area contributed by atoms with Gasteiger partial charge in [0.15, 0.2) is 0 Å². The van der Waals surface area contributed by atoms with E-state index >= 15 is 0 Å². The van der Waals surface area contributed by atoms with E-state index in [1.807, 2.05) is 11.3 Å². The first-order valence-corrected chi connectivity index (χ1v) is 25.2. The Morgan fingerprint density at radius 1 is 0.500 bits per heavy atom. The van der Waals surface area contributed by atoms with Gasteiger partial charge in [0.1, 0.15) is 0 Å². The Kier molecular flexibility index (Phi) is 8.19. The minimum Gasteiger partial charge on any atom is -0.311 e. The van der Waals surface area contributed by atoms with Gasteiger partial charge in [-0.2, -0.15) is 0 Å².